The van der Waals surface area contributed by atoms with Gasteiger partial charge in [0.1, 0.15) is 29.5 Å². The molecular formula is C21H19F2N5O2. The van der Waals surface area contributed by atoms with Crippen molar-refractivity contribution < 1.29 is 18.3 Å². The van der Waals surface area contributed by atoms with Crippen LogP contribution in [0.4, 0.5) is 8.78 Å². The Bertz CT molecular complexity index is 1230. The number of rotatable bonds is 6. The summed E-state index contributed by atoms with van der Waals surface area (Å²) in [6, 6.07) is 5.82. The highest BCUT2D eigenvalue weighted by atomic mass is 19.1. The van der Waals surface area contributed by atoms with E-state index in [2.05, 4.69) is 20.2 Å². The largest absolute Gasteiger partial charge is 0.496 e. The standard InChI is InChI=1S/C21H19F2N5O2/c1-12-24-10-17(21(26-12)30-3)15-6-4-14(28-11-25-27-20(15)28)5-7-16-18(23)8-13(22)9-19(16)29-2/h4,6,8-11H,5,7H2,1-3H3. The lowest BCUT2D eigenvalue weighted by molar-refractivity contribution is 0.397. The van der Waals surface area contributed by atoms with E-state index in [-0.39, 0.29) is 5.75 Å². The molecule has 0 aliphatic rings. The first-order valence-corrected chi connectivity index (χ1v) is 9.23. The van der Waals surface area contributed by atoms with Crippen molar-refractivity contribution in [2.24, 2.45) is 0 Å². The molecule has 3 heterocycles. The Labute approximate surface area is 171 Å². The second kappa shape index (κ2) is 8.02. The lowest BCUT2D eigenvalue weighted by Crippen LogP contribution is -2.04. The first-order chi connectivity index (χ1) is 14.5. The molecule has 0 aliphatic carbocycles. The molecule has 4 aromatic rings. The van der Waals surface area contributed by atoms with Crippen molar-refractivity contribution in [3.05, 3.63) is 65.5 Å². The van der Waals surface area contributed by atoms with Gasteiger partial charge in [-0.3, -0.25) is 4.40 Å². The molecule has 7 nitrogen and oxygen atoms in total. The van der Waals surface area contributed by atoms with Crippen LogP contribution in [0.5, 0.6) is 11.6 Å². The molecule has 4 rings (SSSR count). The topological polar surface area (TPSA) is 74.4 Å². The number of ether oxygens (including phenoxy) is 2. The molecular weight excluding hydrogens is 392 g/mol. The molecule has 0 fully saturated rings. The highest BCUT2D eigenvalue weighted by Gasteiger charge is 2.17. The van der Waals surface area contributed by atoms with E-state index in [1.165, 1.54) is 13.2 Å². The van der Waals surface area contributed by atoms with Gasteiger partial charge in [0.25, 0.3) is 0 Å². The van der Waals surface area contributed by atoms with E-state index in [1.54, 1.807) is 26.6 Å². The van der Waals surface area contributed by atoms with Gasteiger partial charge in [-0.25, -0.2) is 13.8 Å². The number of benzene rings is 1. The van der Waals surface area contributed by atoms with E-state index >= 15 is 0 Å². The summed E-state index contributed by atoms with van der Waals surface area (Å²) in [6.45, 7) is 1.78. The van der Waals surface area contributed by atoms with Gasteiger partial charge in [-0.15, -0.1) is 10.2 Å². The van der Waals surface area contributed by atoms with Gasteiger partial charge >= 0.3 is 0 Å². The second-order valence-electron chi connectivity index (χ2n) is 6.67. The van der Waals surface area contributed by atoms with Crippen LogP contribution in [-0.2, 0) is 12.8 Å². The second-order valence-corrected chi connectivity index (χ2v) is 6.67. The normalized spacial score (nSPS) is 11.1. The molecule has 9 heteroatoms. The number of hydrogen-bond donors (Lipinski definition) is 0. The molecule has 0 saturated carbocycles. The van der Waals surface area contributed by atoms with E-state index in [4.69, 9.17) is 9.47 Å². The number of aromatic nitrogens is 5. The maximum absolute atomic E-state index is 14.3. The van der Waals surface area contributed by atoms with Crippen LogP contribution in [0.2, 0.25) is 0 Å². The maximum atomic E-state index is 14.3. The Kier molecular flexibility index (Phi) is 5.26. The molecule has 0 spiro atoms. The minimum Gasteiger partial charge on any atom is -0.496 e. The van der Waals surface area contributed by atoms with E-state index in [0.717, 1.165) is 17.3 Å². The lowest BCUT2D eigenvalue weighted by atomic mass is 10.0. The summed E-state index contributed by atoms with van der Waals surface area (Å²) < 4.78 is 40.1. The summed E-state index contributed by atoms with van der Waals surface area (Å²) in [6.07, 6.45) is 4.06. The SMILES string of the molecule is COc1cc(F)cc(F)c1CCc1ccc(-c2cnc(C)nc2OC)c2nncn12. The number of aryl methyl sites for hydroxylation is 2. The molecule has 0 N–H and O–H groups in total. The molecule has 154 valence electrons. The predicted octanol–water partition coefficient (Wildman–Crippen LogP) is 3.58. The third kappa shape index (κ3) is 3.54. The monoisotopic (exact) mass is 411 g/mol. The Balaban J connectivity index is 1.71. The van der Waals surface area contributed by atoms with Crippen LogP contribution in [0.3, 0.4) is 0 Å². The summed E-state index contributed by atoms with van der Waals surface area (Å²) in [7, 11) is 2.94. The highest BCUT2D eigenvalue weighted by Crippen LogP contribution is 2.31. The van der Waals surface area contributed by atoms with Crippen molar-refractivity contribution in [2.75, 3.05) is 14.2 Å². The van der Waals surface area contributed by atoms with Crippen molar-refractivity contribution in [2.45, 2.75) is 19.8 Å². The minimum absolute atomic E-state index is 0.186. The number of pyridine rings is 1. The van der Waals surface area contributed by atoms with Gasteiger partial charge < -0.3 is 9.47 Å². The third-order valence-electron chi connectivity index (χ3n) is 4.87. The summed E-state index contributed by atoms with van der Waals surface area (Å²) in [5.41, 5.74) is 3.23. The van der Waals surface area contributed by atoms with Gasteiger partial charge in [-0.05, 0) is 31.9 Å². The van der Waals surface area contributed by atoms with Crippen molar-refractivity contribution in [1.29, 1.82) is 0 Å². The molecule has 0 saturated heterocycles. The Morgan fingerprint density at radius 2 is 1.87 bits per heavy atom. The van der Waals surface area contributed by atoms with E-state index < -0.39 is 11.6 Å². The van der Waals surface area contributed by atoms with Gasteiger partial charge in [0.2, 0.25) is 5.88 Å². The van der Waals surface area contributed by atoms with E-state index in [9.17, 15) is 8.78 Å². The summed E-state index contributed by atoms with van der Waals surface area (Å²) in [4.78, 5) is 8.57. The Morgan fingerprint density at radius 1 is 1.03 bits per heavy atom. The van der Waals surface area contributed by atoms with Crippen LogP contribution in [0.25, 0.3) is 16.8 Å². The molecule has 3 aromatic heterocycles. The maximum Gasteiger partial charge on any atom is 0.224 e. The Hall–Kier alpha value is -3.62. The lowest BCUT2D eigenvalue weighted by Gasteiger charge is -2.13. The molecule has 0 radical (unpaired) electrons. The number of hydrogen-bond acceptors (Lipinski definition) is 6. The molecule has 0 atom stereocenters. The van der Waals surface area contributed by atoms with Crippen LogP contribution in [0.15, 0.2) is 36.8 Å². The first-order valence-electron chi connectivity index (χ1n) is 9.23. The fourth-order valence-corrected chi connectivity index (χ4v) is 3.42. The van der Waals surface area contributed by atoms with Gasteiger partial charge in [-0.2, -0.15) is 4.98 Å². The smallest absolute Gasteiger partial charge is 0.224 e. The first kappa shape index (κ1) is 19.7. The predicted molar refractivity (Wildman–Crippen MR) is 106 cm³/mol. The van der Waals surface area contributed by atoms with Gasteiger partial charge in [-0.1, -0.05) is 0 Å². The average Bonchev–Trinajstić information content (AvgIpc) is 3.23. The van der Waals surface area contributed by atoms with E-state index in [1.807, 2.05) is 16.5 Å². The number of methoxy groups -OCH3 is 2. The highest BCUT2D eigenvalue weighted by molar-refractivity contribution is 5.80. The van der Waals surface area contributed by atoms with Crippen LogP contribution in [0, 0.1) is 18.6 Å². The zero-order chi connectivity index (χ0) is 21.3. The number of fused-ring (bicyclic) bond motifs is 1. The molecule has 0 unspecified atom stereocenters. The van der Waals surface area contributed by atoms with Gasteiger partial charge in [0.15, 0.2) is 5.65 Å². The molecule has 30 heavy (non-hydrogen) atoms. The van der Waals surface area contributed by atoms with Crippen LogP contribution in [0.1, 0.15) is 17.1 Å². The van der Waals surface area contributed by atoms with Gasteiger partial charge in [0, 0.05) is 35.2 Å². The molecule has 1 aromatic carbocycles. The zero-order valence-electron chi connectivity index (χ0n) is 16.7. The van der Waals surface area contributed by atoms with Crippen molar-refractivity contribution in [3.63, 3.8) is 0 Å². The summed E-state index contributed by atoms with van der Waals surface area (Å²) in [5.74, 6) is -0.0816. The molecule has 0 aliphatic heterocycles. The van der Waals surface area contributed by atoms with Crippen molar-refractivity contribution in [1.82, 2.24) is 24.6 Å². The van der Waals surface area contributed by atoms with Gasteiger partial charge in [0.05, 0.1) is 19.8 Å². The average molecular weight is 411 g/mol. The Morgan fingerprint density at radius 3 is 2.63 bits per heavy atom. The van der Waals surface area contributed by atoms with Crippen molar-refractivity contribution >= 4 is 5.65 Å². The van der Waals surface area contributed by atoms with Crippen LogP contribution < -0.4 is 9.47 Å². The number of nitrogens with zero attached hydrogens (tertiary/aromatic N) is 5. The molecule has 0 bridgehead atoms. The summed E-state index contributed by atoms with van der Waals surface area (Å²) in [5, 5.41) is 8.25. The third-order valence-corrected chi connectivity index (χ3v) is 4.87. The zero-order valence-corrected chi connectivity index (χ0v) is 16.7. The van der Waals surface area contributed by atoms with Crippen LogP contribution in [-0.4, -0.2) is 38.8 Å². The fourth-order valence-electron chi connectivity index (χ4n) is 3.42. The number of halogens is 2. The summed E-state index contributed by atoms with van der Waals surface area (Å²) >= 11 is 0. The molecule has 0 amide bonds. The fraction of sp³-hybridized carbons (Fsp3) is 0.238. The van der Waals surface area contributed by atoms with Crippen molar-refractivity contribution in [3.8, 4) is 22.8 Å². The minimum atomic E-state index is -0.673. The quantitative estimate of drug-likeness (QED) is 0.483. The van der Waals surface area contributed by atoms with Crippen LogP contribution >= 0.6 is 0 Å². The van der Waals surface area contributed by atoms with E-state index in [0.29, 0.717) is 41.3 Å².